The lowest BCUT2D eigenvalue weighted by atomic mass is 10.1. The topological polar surface area (TPSA) is 63.6 Å². The van der Waals surface area contributed by atoms with Crippen molar-refractivity contribution in [2.24, 2.45) is 0 Å². The highest BCUT2D eigenvalue weighted by Gasteiger charge is 2.29. The number of thioether (sulfide) groups is 9. The Hall–Kier alpha value is 3.47. The third-order valence-electron chi connectivity index (χ3n) is 22.3. The van der Waals surface area contributed by atoms with E-state index in [1.807, 2.05) is 47.0 Å². The van der Waals surface area contributed by atoms with Gasteiger partial charge in [-0.1, -0.05) is 571 Å². The molecule has 124 heavy (non-hydrogen) atoms. The van der Waals surface area contributed by atoms with Gasteiger partial charge >= 0.3 is 0 Å². The molecular weight excluding hydrogens is 2130 g/mol. The molecule has 4 aliphatic rings. The first-order valence-electron chi connectivity index (χ1n) is 50.8. The molecule has 0 bridgehead atoms. The standard InChI is InChI=1S/C26H42I2S4.C26H44S4.C14H26O2S2.C13H22S3.C12H25BrO.C12H23BrO.2H2/c1-3-5-7-9-11-13-15-17-19-21-23(27)31-25(29-21)26-30-22(24(28)32-26)20-18-16-14-12-10-8-6-4-2;1-3-5-7-9-11-13-15-17-19-23-21-27-25(29-23)26-28-22-24(30-26)20-18-16-14-12-10-8-6-4-2;1-3-4-5-6-7-8-9-10-11-13(15)12-18-14(17)16-2;1-2-3-4-5-6-7-8-9-10-12-11-15-13(14)16-12;2*1-2-3-4-5-6-7-8-9-10-12(14)11-13;;/h3-20H2,1-2H3;21-22H,3-20H2,1-2H3;3-12H2,1-2H3;11H,2-10H2,1H3;12,14H,2-11H2,1H3;2-11H2,1H3;2*1H/b2*26-25+;;;;;;. The van der Waals surface area contributed by atoms with Crippen LogP contribution in [0.5, 0.6) is 0 Å². The van der Waals surface area contributed by atoms with Gasteiger partial charge in [-0.3, -0.25) is 9.59 Å². The molecule has 0 saturated carbocycles. The molecular formula is C103H186Br2I2O4S13. The minimum Gasteiger partial charge on any atom is -0.482 e. The SMILES string of the molecule is CCCCCCCCCCC(=O)CBr.CCCCCCCCCCC(=O)CSC(=S)OC.CCCCCCCCCCC(O)CBr.CCCCCCCCCCC1=C(I)S/C(=C2/SC(I)=C(CCCCCCCCCC)S2)S1.CCCCCCCCCCC1=CS/C(=C2/SC=C(CCCCCCCCCC)S2)S1.CCCCCCCCCCc1csc(=S)s1.[HH].[HH]. The number of thiocarbonyl (C=S) groups is 1. The highest BCUT2D eigenvalue weighted by Crippen LogP contribution is 2.63. The van der Waals surface area contributed by atoms with Gasteiger partial charge < -0.3 is 9.84 Å². The molecule has 0 radical (unpaired) electrons. The number of Topliss-reactive ketones (excluding diaryl/α,β-unsaturated/α-hetero) is 2. The lowest BCUT2D eigenvalue weighted by molar-refractivity contribution is -0.117. The van der Waals surface area contributed by atoms with Crippen molar-refractivity contribution < 1.29 is 22.3 Å². The van der Waals surface area contributed by atoms with Crippen LogP contribution in [0.2, 0.25) is 0 Å². The lowest BCUT2D eigenvalue weighted by Crippen LogP contribution is -2.06. The van der Waals surface area contributed by atoms with Crippen molar-refractivity contribution >= 4 is 246 Å². The second-order valence-electron chi connectivity index (χ2n) is 34.2. The number of hydrogen-bond donors (Lipinski definition) is 1. The molecule has 0 fully saturated rings. The number of rotatable bonds is 76. The first-order valence-corrected chi connectivity index (χ1v) is 65.3. The fourth-order valence-electron chi connectivity index (χ4n) is 14.4. The number of carbonyl (C=O) groups is 2. The Morgan fingerprint density at radius 3 is 0.960 bits per heavy atom. The van der Waals surface area contributed by atoms with Crippen molar-refractivity contribution in [1.82, 2.24) is 0 Å². The number of methoxy groups -OCH3 is 1. The Balaban J connectivity index is -0.00000149. The number of aliphatic hydroxyl groups excluding tert-OH is 1. The first kappa shape index (κ1) is 127. The molecule has 4 nitrogen and oxygen atoms in total. The molecule has 0 aromatic carbocycles. The summed E-state index contributed by atoms with van der Waals surface area (Å²) in [4.78, 5) is 30.4. The maximum Gasteiger partial charge on any atom is 0.220 e. The average molecular weight is 2320 g/mol. The van der Waals surface area contributed by atoms with Gasteiger partial charge in [0.05, 0.1) is 47.1 Å². The second-order valence-corrected chi connectivity index (χ2v) is 53.1. The zero-order chi connectivity index (χ0) is 90.9. The van der Waals surface area contributed by atoms with Crippen LogP contribution in [-0.4, -0.2) is 50.7 Å². The Morgan fingerprint density at radius 1 is 0.387 bits per heavy atom. The van der Waals surface area contributed by atoms with Gasteiger partial charge in [0.2, 0.25) is 4.38 Å². The van der Waals surface area contributed by atoms with E-state index in [1.54, 1.807) is 66.4 Å². The Morgan fingerprint density at radius 2 is 0.669 bits per heavy atom. The fourth-order valence-corrected chi connectivity index (χ4v) is 31.7. The molecule has 0 spiro atoms. The maximum absolute atomic E-state index is 11.5. The molecule has 1 unspecified atom stereocenters. The normalized spacial score (nSPS) is 15.0. The van der Waals surface area contributed by atoms with Gasteiger partial charge in [0.1, 0.15) is 14.7 Å². The highest BCUT2D eigenvalue weighted by atomic mass is 127. The van der Waals surface area contributed by atoms with Gasteiger partial charge in [-0.25, -0.2) is 0 Å². The van der Waals surface area contributed by atoms with E-state index in [0.717, 1.165) is 34.2 Å². The zero-order valence-electron chi connectivity index (χ0n) is 80.3. The van der Waals surface area contributed by atoms with Crippen molar-refractivity contribution in [3.05, 3.63) is 66.6 Å². The zero-order valence-corrected chi connectivity index (χ0v) is 98.4. The summed E-state index contributed by atoms with van der Waals surface area (Å²) >= 11 is 42.7. The van der Waals surface area contributed by atoms with Crippen molar-refractivity contribution in [2.75, 3.05) is 23.5 Å². The van der Waals surface area contributed by atoms with Crippen molar-refractivity contribution in [3.63, 3.8) is 0 Å². The molecule has 1 aromatic rings. The lowest BCUT2D eigenvalue weighted by Gasteiger charge is -2.05. The molecule has 728 valence electrons. The number of alkyl halides is 2. The molecule has 1 atom stereocenters. The van der Waals surface area contributed by atoms with Gasteiger partial charge in [0, 0.05) is 41.1 Å². The van der Waals surface area contributed by atoms with Crippen LogP contribution in [-0.2, 0) is 20.7 Å². The number of allylic oxidation sites excluding steroid dienone is 4. The van der Waals surface area contributed by atoms with Crippen LogP contribution in [0, 0.1) is 3.14 Å². The number of ether oxygens (including phenoxy) is 1. The van der Waals surface area contributed by atoms with Crippen LogP contribution in [0.3, 0.4) is 0 Å². The summed E-state index contributed by atoms with van der Waals surface area (Å²) in [5.74, 6) is 1.09. The maximum atomic E-state index is 11.5. The molecule has 1 N–H and O–H groups in total. The van der Waals surface area contributed by atoms with Gasteiger partial charge in [-0.05, 0) is 161 Å². The van der Waals surface area contributed by atoms with E-state index in [0.29, 0.717) is 27.7 Å². The summed E-state index contributed by atoms with van der Waals surface area (Å²) in [6.07, 6.45) is 96.4. The number of halogens is 4. The monoisotopic (exact) mass is 2310 g/mol. The molecule has 0 saturated heterocycles. The molecule has 0 aliphatic carbocycles. The number of ketones is 2. The molecule has 4 aliphatic heterocycles. The third-order valence-corrected chi connectivity index (χ3v) is 42.0. The van der Waals surface area contributed by atoms with E-state index < -0.39 is 0 Å². The summed E-state index contributed by atoms with van der Waals surface area (Å²) < 4.78 is 15.6. The summed E-state index contributed by atoms with van der Waals surface area (Å²) in [5.41, 5.74) is 0. The third kappa shape index (κ3) is 82.5. The minimum atomic E-state index is -0.130. The average Bonchev–Trinajstić information content (AvgIpc) is 1.67. The number of aryl methyl sites for hydroxylation is 1. The van der Waals surface area contributed by atoms with Gasteiger partial charge in [0.25, 0.3) is 0 Å². The number of unbranched alkanes of at least 4 members (excludes halogenated alkanes) is 56. The van der Waals surface area contributed by atoms with Crippen LogP contribution in [0.4, 0.5) is 0 Å². The first-order chi connectivity index (χ1) is 60.6. The smallest absolute Gasteiger partial charge is 0.220 e. The predicted molar refractivity (Wildman–Crippen MR) is 623 cm³/mol. The van der Waals surface area contributed by atoms with E-state index >= 15 is 0 Å². The van der Waals surface area contributed by atoms with Gasteiger partial charge in [-0.15, -0.1) is 22.7 Å². The highest BCUT2D eigenvalue weighted by molar-refractivity contribution is 14.1. The van der Waals surface area contributed by atoms with Crippen LogP contribution in [0.1, 0.15) is 519 Å². The molecule has 0 amide bonds. The molecule has 21 heteroatoms. The molecule has 5 heterocycles. The van der Waals surface area contributed by atoms with E-state index in [4.69, 9.17) is 29.2 Å². The summed E-state index contributed by atoms with van der Waals surface area (Å²) in [7, 11) is 1.54. The van der Waals surface area contributed by atoms with Crippen molar-refractivity contribution in [3.8, 4) is 0 Å². The Labute approximate surface area is 871 Å². The van der Waals surface area contributed by atoms with E-state index in [9.17, 15) is 14.7 Å². The summed E-state index contributed by atoms with van der Waals surface area (Å²) in [5, 5.41) is 17.6. The minimum absolute atomic E-state index is 0. The van der Waals surface area contributed by atoms with Crippen LogP contribution in [0.25, 0.3) is 0 Å². The molecule has 5 rings (SSSR count). The summed E-state index contributed by atoms with van der Waals surface area (Å²) in [6, 6.07) is 0. The Bertz CT molecular complexity index is 2810. The van der Waals surface area contributed by atoms with Crippen LogP contribution < -0.4 is 0 Å². The summed E-state index contributed by atoms with van der Waals surface area (Å²) in [6.45, 7) is 18.2. The largest absolute Gasteiger partial charge is 0.482 e. The van der Waals surface area contributed by atoms with Crippen molar-refractivity contribution in [2.45, 2.75) is 524 Å². The Kier molecular flexibility index (Phi) is 102. The number of aliphatic hydroxyl groups is 1. The van der Waals surface area contributed by atoms with E-state index in [-0.39, 0.29) is 14.7 Å². The van der Waals surface area contributed by atoms with Crippen molar-refractivity contribution in [1.29, 1.82) is 0 Å². The van der Waals surface area contributed by atoms with Crippen LogP contribution in [0.15, 0.2) is 58.6 Å². The number of hydrogen-bond acceptors (Lipinski definition) is 17. The van der Waals surface area contributed by atoms with E-state index in [1.165, 1.54) is 453 Å². The quantitative estimate of drug-likeness (QED) is 0.0291. The van der Waals surface area contributed by atoms with Crippen LogP contribution >= 0.6 is 230 Å². The fraction of sp³-hybridized carbons (Fsp3) is 0.825. The predicted octanol–water partition coefficient (Wildman–Crippen LogP) is 45.4. The number of carbonyl (C=O) groups excluding carboxylic acids is 2. The van der Waals surface area contributed by atoms with E-state index in [2.05, 4.69) is 196 Å². The van der Waals surface area contributed by atoms with Gasteiger partial charge in [-0.2, -0.15) is 0 Å². The second kappa shape index (κ2) is 99.5. The molecule has 1 aromatic heterocycles. The van der Waals surface area contributed by atoms with Gasteiger partial charge in [0.15, 0.2) is 0 Å².